The van der Waals surface area contributed by atoms with Gasteiger partial charge in [0.25, 0.3) is 0 Å². The largest absolute Gasteiger partial charge is 0.368 e. The van der Waals surface area contributed by atoms with Crippen LogP contribution in [0.4, 0.5) is 5.95 Å². The number of amides is 1. The van der Waals surface area contributed by atoms with Gasteiger partial charge in [-0.3, -0.25) is 4.79 Å². The van der Waals surface area contributed by atoms with Crippen LogP contribution in [0, 0.1) is 0 Å². The molecule has 2 aromatic rings. The van der Waals surface area contributed by atoms with Crippen molar-refractivity contribution < 1.29 is 4.79 Å². The number of nitrogen functional groups attached to an aromatic ring is 1. The van der Waals surface area contributed by atoms with Crippen molar-refractivity contribution in [1.29, 1.82) is 0 Å². The van der Waals surface area contributed by atoms with Crippen molar-refractivity contribution in [1.82, 2.24) is 20.5 Å². The quantitative estimate of drug-likeness (QED) is 0.726. The van der Waals surface area contributed by atoms with E-state index in [0.29, 0.717) is 16.7 Å². The number of aromatic amines is 1. The zero-order chi connectivity index (χ0) is 13.7. The molecule has 1 aromatic heterocycles. The summed E-state index contributed by atoms with van der Waals surface area (Å²) in [6.07, 6.45) is 0. The lowest BCUT2D eigenvalue weighted by Gasteiger charge is -2.04. The Balaban J connectivity index is 1.75. The topological polar surface area (TPSA) is 96.7 Å². The minimum absolute atomic E-state index is 0.103. The van der Waals surface area contributed by atoms with Crippen LogP contribution in [0.25, 0.3) is 0 Å². The molecule has 19 heavy (non-hydrogen) atoms. The molecule has 0 bridgehead atoms. The highest BCUT2D eigenvalue weighted by Crippen LogP contribution is 2.13. The van der Waals surface area contributed by atoms with Crippen molar-refractivity contribution in [2.45, 2.75) is 11.7 Å². The van der Waals surface area contributed by atoms with Gasteiger partial charge in [-0.25, -0.2) is 5.10 Å². The van der Waals surface area contributed by atoms with Gasteiger partial charge in [0, 0.05) is 11.6 Å². The number of H-pyrrole nitrogens is 1. The number of hydrogen-bond acceptors (Lipinski definition) is 5. The summed E-state index contributed by atoms with van der Waals surface area (Å²) in [5.74, 6) is 0.368. The average molecular weight is 298 g/mol. The zero-order valence-electron chi connectivity index (χ0n) is 9.89. The maximum atomic E-state index is 11.6. The Hall–Kier alpha value is -1.73. The van der Waals surface area contributed by atoms with Crippen LogP contribution in [0.15, 0.2) is 29.4 Å². The van der Waals surface area contributed by atoms with Gasteiger partial charge >= 0.3 is 0 Å². The molecule has 2 rings (SSSR count). The monoisotopic (exact) mass is 297 g/mol. The molecule has 0 saturated heterocycles. The highest BCUT2D eigenvalue weighted by Gasteiger charge is 2.06. The van der Waals surface area contributed by atoms with Gasteiger partial charge in [-0.15, -0.1) is 5.10 Å². The van der Waals surface area contributed by atoms with Crippen LogP contribution in [0.3, 0.4) is 0 Å². The first kappa shape index (κ1) is 13.7. The predicted molar refractivity (Wildman–Crippen MR) is 74.8 cm³/mol. The number of carbonyl (C=O) groups is 1. The number of hydrogen-bond donors (Lipinski definition) is 3. The van der Waals surface area contributed by atoms with Crippen molar-refractivity contribution in [3.63, 3.8) is 0 Å². The van der Waals surface area contributed by atoms with Crippen LogP contribution >= 0.6 is 23.4 Å². The van der Waals surface area contributed by atoms with E-state index < -0.39 is 0 Å². The van der Waals surface area contributed by atoms with Gasteiger partial charge in [-0.1, -0.05) is 35.5 Å². The van der Waals surface area contributed by atoms with Crippen molar-refractivity contribution in [3.05, 3.63) is 34.9 Å². The fourth-order valence-corrected chi connectivity index (χ4v) is 2.20. The Morgan fingerprint density at radius 2 is 2.37 bits per heavy atom. The van der Waals surface area contributed by atoms with Crippen molar-refractivity contribution >= 4 is 35.2 Å². The van der Waals surface area contributed by atoms with E-state index >= 15 is 0 Å². The van der Waals surface area contributed by atoms with Crippen LogP contribution in [-0.4, -0.2) is 26.8 Å². The third-order valence-electron chi connectivity index (χ3n) is 2.19. The van der Waals surface area contributed by atoms with Gasteiger partial charge in [-0.05, 0) is 17.7 Å². The number of rotatable bonds is 5. The molecule has 0 aliphatic rings. The van der Waals surface area contributed by atoms with Crippen molar-refractivity contribution in [3.8, 4) is 0 Å². The van der Waals surface area contributed by atoms with E-state index in [-0.39, 0.29) is 17.6 Å². The molecule has 0 fully saturated rings. The number of thioether (sulfide) groups is 1. The fraction of sp³-hybridized carbons (Fsp3) is 0.182. The van der Waals surface area contributed by atoms with E-state index in [1.54, 1.807) is 6.07 Å². The predicted octanol–water partition coefficient (Wildman–Crippen LogP) is 1.45. The van der Waals surface area contributed by atoms with Crippen LogP contribution in [0.5, 0.6) is 0 Å². The van der Waals surface area contributed by atoms with E-state index in [4.69, 9.17) is 17.3 Å². The average Bonchev–Trinajstić information content (AvgIpc) is 2.80. The number of carbonyl (C=O) groups excluding carboxylic acids is 1. The highest BCUT2D eigenvalue weighted by atomic mass is 35.5. The Kier molecular flexibility index (Phi) is 4.64. The second-order valence-corrected chi connectivity index (χ2v) is 5.08. The molecular formula is C11H12ClN5OS. The summed E-state index contributed by atoms with van der Waals surface area (Å²) in [5, 5.41) is 10.2. The molecule has 0 saturated carbocycles. The first-order valence-electron chi connectivity index (χ1n) is 5.45. The first-order valence-corrected chi connectivity index (χ1v) is 6.81. The summed E-state index contributed by atoms with van der Waals surface area (Å²) in [6.45, 7) is 0.441. The number of anilines is 1. The molecule has 0 spiro atoms. The molecule has 4 N–H and O–H groups in total. The Morgan fingerprint density at radius 1 is 1.53 bits per heavy atom. The lowest BCUT2D eigenvalue weighted by atomic mass is 10.2. The molecule has 0 aliphatic carbocycles. The summed E-state index contributed by atoms with van der Waals surface area (Å²) in [5.41, 5.74) is 6.33. The van der Waals surface area contributed by atoms with E-state index in [0.717, 1.165) is 5.56 Å². The van der Waals surface area contributed by atoms with E-state index in [9.17, 15) is 4.79 Å². The lowest BCUT2D eigenvalue weighted by molar-refractivity contribution is -0.118. The van der Waals surface area contributed by atoms with Gasteiger partial charge in [0.05, 0.1) is 5.75 Å². The summed E-state index contributed by atoms with van der Waals surface area (Å²) in [7, 11) is 0. The second kappa shape index (κ2) is 6.44. The summed E-state index contributed by atoms with van der Waals surface area (Å²) >= 11 is 7.07. The number of nitrogens with one attached hydrogen (secondary N) is 2. The third kappa shape index (κ3) is 4.46. The molecule has 1 amide bonds. The SMILES string of the molecule is Nc1nc(SCC(=O)NCc2cccc(Cl)c2)n[nH]1. The molecule has 8 heteroatoms. The van der Waals surface area contributed by atoms with Crippen LogP contribution in [-0.2, 0) is 11.3 Å². The van der Waals surface area contributed by atoms with Crippen molar-refractivity contribution in [2.75, 3.05) is 11.5 Å². The van der Waals surface area contributed by atoms with Crippen LogP contribution in [0.1, 0.15) is 5.56 Å². The molecule has 0 aliphatic heterocycles. The summed E-state index contributed by atoms with van der Waals surface area (Å²) in [6, 6.07) is 7.34. The van der Waals surface area contributed by atoms with Gasteiger partial charge < -0.3 is 11.1 Å². The number of benzene rings is 1. The Morgan fingerprint density at radius 3 is 3.05 bits per heavy atom. The van der Waals surface area contributed by atoms with Crippen molar-refractivity contribution in [2.24, 2.45) is 0 Å². The minimum atomic E-state index is -0.103. The molecule has 6 nitrogen and oxygen atoms in total. The van der Waals surface area contributed by atoms with Gasteiger partial charge in [0.2, 0.25) is 17.0 Å². The normalized spacial score (nSPS) is 10.4. The van der Waals surface area contributed by atoms with Gasteiger partial charge in [0.15, 0.2) is 0 Å². The minimum Gasteiger partial charge on any atom is -0.368 e. The number of nitrogens with zero attached hydrogens (tertiary/aromatic N) is 2. The molecular weight excluding hydrogens is 286 g/mol. The second-order valence-electron chi connectivity index (χ2n) is 3.70. The fourth-order valence-electron chi connectivity index (χ4n) is 1.35. The lowest BCUT2D eigenvalue weighted by Crippen LogP contribution is -2.24. The van der Waals surface area contributed by atoms with E-state index in [1.807, 2.05) is 18.2 Å². The molecule has 0 radical (unpaired) electrons. The number of aromatic nitrogens is 3. The van der Waals surface area contributed by atoms with Crippen LogP contribution in [0.2, 0.25) is 5.02 Å². The van der Waals surface area contributed by atoms with Gasteiger partial charge in [-0.2, -0.15) is 4.98 Å². The van der Waals surface area contributed by atoms with E-state index in [1.165, 1.54) is 11.8 Å². The molecule has 1 heterocycles. The molecule has 1 aromatic carbocycles. The number of halogens is 1. The Bertz CT molecular complexity index is 574. The third-order valence-corrected chi connectivity index (χ3v) is 3.28. The smallest absolute Gasteiger partial charge is 0.230 e. The molecule has 0 unspecified atom stereocenters. The molecule has 0 atom stereocenters. The van der Waals surface area contributed by atoms with Gasteiger partial charge in [0.1, 0.15) is 0 Å². The van der Waals surface area contributed by atoms with Crippen LogP contribution < -0.4 is 11.1 Å². The number of nitrogens with two attached hydrogens (primary N) is 1. The zero-order valence-corrected chi connectivity index (χ0v) is 11.5. The molecule has 100 valence electrons. The van der Waals surface area contributed by atoms with E-state index in [2.05, 4.69) is 20.5 Å². The maximum Gasteiger partial charge on any atom is 0.230 e. The Labute approximate surface area is 119 Å². The summed E-state index contributed by atoms with van der Waals surface area (Å²) < 4.78 is 0. The summed E-state index contributed by atoms with van der Waals surface area (Å²) in [4.78, 5) is 15.5. The maximum absolute atomic E-state index is 11.6. The highest BCUT2D eigenvalue weighted by molar-refractivity contribution is 7.99. The first-order chi connectivity index (χ1) is 9.13. The standard InChI is InChI=1S/C11H12ClN5OS/c12-8-3-1-2-7(4-8)5-14-9(18)6-19-11-15-10(13)16-17-11/h1-4H,5-6H2,(H,14,18)(H3,13,15,16,17).